The minimum Gasteiger partial charge on any atom is -0.444 e. The molecule has 1 aliphatic rings. The molecule has 1 fully saturated rings. The fraction of sp³-hybridized carbons (Fsp3) is 0.938. The van der Waals surface area contributed by atoms with Gasteiger partial charge in [-0.2, -0.15) is 0 Å². The molecule has 0 aromatic heterocycles. The van der Waals surface area contributed by atoms with Crippen LogP contribution in [0.5, 0.6) is 0 Å². The van der Waals surface area contributed by atoms with Gasteiger partial charge in [-0.05, 0) is 59.0 Å². The maximum atomic E-state index is 12.0. The molecule has 0 atom stereocenters. The number of ether oxygens (including phenoxy) is 2. The number of hydrogen-bond donors (Lipinski definition) is 2. The van der Waals surface area contributed by atoms with Crippen molar-refractivity contribution in [1.82, 2.24) is 10.2 Å². The molecule has 0 aliphatic carbocycles. The first-order valence-corrected chi connectivity index (χ1v) is 8.29. The van der Waals surface area contributed by atoms with Gasteiger partial charge in [0.1, 0.15) is 5.60 Å². The molecule has 1 aliphatic heterocycles. The molecule has 22 heavy (non-hydrogen) atoms. The quantitative estimate of drug-likeness (QED) is 0.666. The maximum absolute atomic E-state index is 12.0. The summed E-state index contributed by atoms with van der Waals surface area (Å²) < 4.78 is 10.6. The molecule has 130 valence electrons. The number of aliphatic hydroxyl groups excluding tert-OH is 1. The van der Waals surface area contributed by atoms with E-state index in [2.05, 4.69) is 5.32 Å². The van der Waals surface area contributed by atoms with Crippen molar-refractivity contribution >= 4 is 6.09 Å². The molecule has 1 rings (SSSR count). The van der Waals surface area contributed by atoms with Crippen LogP contribution in [0.2, 0.25) is 0 Å². The minimum atomic E-state index is -0.423. The Kier molecular flexibility index (Phi) is 8.75. The summed E-state index contributed by atoms with van der Waals surface area (Å²) in [5, 5.41) is 12.0. The zero-order valence-corrected chi connectivity index (χ0v) is 14.3. The first-order chi connectivity index (χ1) is 10.4. The molecule has 0 saturated carbocycles. The summed E-state index contributed by atoms with van der Waals surface area (Å²) in [4.78, 5) is 13.8. The van der Waals surface area contributed by atoms with E-state index >= 15 is 0 Å². The van der Waals surface area contributed by atoms with E-state index < -0.39 is 5.60 Å². The lowest BCUT2D eigenvalue weighted by atomic mass is 9.97. The van der Waals surface area contributed by atoms with Gasteiger partial charge in [-0.15, -0.1) is 0 Å². The number of piperidine rings is 1. The number of carbonyl (C=O) groups is 1. The normalized spacial score (nSPS) is 16.8. The first kappa shape index (κ1) is 19.2. The van der Waals surface area contributed by atoms with E-state index in [9.17, 15) is 4.79 Å². The lowest BCUT2D eigenvalue weighted by molar-refractivity contribution is 0.0184. The molecule has 0 unspecified atom stereocenters. The van der Waals surface area contributed by atoms with Crippen molar-refractivity contribution in [3.63, 3.8) is 0 Å². The predicted octanol–water partition coefficient (Wildman–Crippen LogP) is 1.62. The summed E-state index contributed by atoms with van der Waals surface area (Å²) in [6.45, 7) is 10.3. The highest BCUT2D eigenvalue weighted by Gasteiger charge is 2.26. The van der Waals surface area contributed by atoms with Crippen LogP contribution in [0.15, 0.2) is 0 Å². The predicted molar refractivity (Wildman–Crippen MR) is 85.9 cm³/mol. The second-order valence-corrected chi connectivity index (χ2v) is 6.80. The number of rotatable bonds is 8. The van der Waals surface area contributed by atoms with Gasteiger partial charge in [-0.25, -0.2) is 4.79 Å². The average molecular weight is 316 g/mol. The van der Waals surface area contributed by atoms with Crippen molar-refractivity contribution in [2.24, 2.45) is 5.92 Å². The van der Waals surface area contributed by atoms with Crippen LogP contribution in [-0.4, -0.2) is 67.7 Å². The zero-order valence-electron chi connectivity index (χ0n) is 14.3. The number of carbonyl (C=O) groups excluding carboxylic acids is 1. The van der Waals surface area contributed by atoms with Crippen LogP contribution in [0.25, 0.3) is 0 Å². The Bertz CT molecular complexity index is 310. The van der Waals surface area contributed by atoms with Gasteiger partial charge in [0, 0.05) is 19.7 Å². The molecule has 6 nitrogen and oxygen atoms in total. The molecule has 1 amide bonds. The fourth-order valence-corrected chi connectivity index (χ4v) is 2.42. The third-order valence-corrected chi connectivity index (χ3v) is 3.58. The van der Waals surface area contributed by atoms with Gasteiger partial charge in [-0.1, -0.05) is 0 Å². The molecule has 1 heterocycles. The molecular formula is C16H32N2O4. The summed E-state index contributed by atoms with van der Waals surface area (Å²) in [6, 6.07) is 0. The maximum Gasteiger partial charge on any atom is 0.410 e. The molecular weight excluding hydrogens is 284 g/mol. The Labute approximate surface area is 134 Å². The Balaban J connectivity index is 2.06. The highest BCUT2D eigenvalue weighted by Crippen LogP contribution is 2.19. The van der Waals surface area contributed by atoms with Gasteiger partial charge in [0.15, 0.2) is 0 Å². The van der Waals surface area contributed by atoms with E-state index in [1.165, 1.54) is 0 Å². The molecule has 1 saturated heterocycles. The zero-order chi connectivity index (χ0) is 16.4. The van der Waals surface area contributed by atoms with Gasteiger partial charge < -0.3 is 24.8 Å². The average Bonchev–Trinajstić information content (AvgIpc) is 2.45. The van der Waals surface area contributed by atoms with Gasteiger partial charge in [-0.3, -0.25) is 0 Å². The van der Waals surface area contributed by atoms with Crippen molar-refractivity contribution in [1.29, 1.82) is 0 Å². The largest absolute Gasteiger partial charge is 0.444 e. The van der Waals surface area contributed by atoms with Crippen molar-refractivity contribution in [3.8, 4) is 0 Å². The van der Waals surface area contributed by atoms with E-state index in [0.717, 1.165) is 45.4 Å². The topological polar surface area (TPSA) is 71.0 Å². The monoisotopic (exact) mass is 316 g/mol. The van der Waals surface area contributed by atoms with Crippen molar-refractivity contribution in [2.45, 2.75) is 45.6 Å². The van der Waals surface area contributed by atoms with Gasteiger partial charge in [0.2, 0.25) is 0 Å². The van der Waals surface area contributed by atoms with Gasteiger partial charge in [0.05, 0.1) is 13.2 Å². The van der Waals surface area contributed by atoms with E-state index in [0.29, 0.717) is 19.1 Å². The summed E-state index contributed by atoms with van der Waals surface area (Å²) in [5.74, 6) is 0.622. The lowest BCUT2D eigenvalue weighted by Gasteiger charge is -2.33. The van der Waals surface area contributed by atoms with E-state index in [1.807, 2.05) is 25.7 Å². The lowest BCUT2D eigenvalue weighted by Crippen LogP contribution is -2.43. The number of nitrogens with one attached hydrogen (secondary N) is 1. The van der Waals surface area contributed by atoms with Gasteiger partial charge in [0.25, 0.3) is 0 Å². The number of nitrogens with zero attached hydrogens (tertiary/aromatic N) is 1. The Morgan fingerprint density at radius 2 is 1.95 bits per heavy atom. The highest BCUT2D eigenvalue weighted by molar-refractivity contribution is 5.68. The van der Waals surface area contributed by atoms with Crippen LogP contribution in [0, 0.1) is 5.92 Å². The second-order valence-electron chi connectivity index (χ2n) is 6.80. The summed E-state index contributed by atoms with van der Waals surface area (Å²) in [5.41, 5.74) is -0.423. The molecule has 0 aromatic carbocycles. The molecule has 0 spiro atoms. The van der Waals surface area contributed by atoms with Crippen LogP contribution in [0.3, 0.4) is 0 Å². The van der Waals surface area contributed by atoms with Crippen LogP contribution < -0.4 is 5.32 Å². The van der Waals surface area contributed by atoms with Crippen LogP contribution >= 0.6 is 0 Å². The summed E-state index contributed by atoms with van der Waals surface area (Å²) >= 11 is 0. The molecule has 0 aromatic rings. The van der Waals surface area contributed by atoms with Crippen molar-refractivity contribution in [3.05, 3.63) is 0 Å². The van der Waals surface area contributed by atoms with Crippen molar-refractivity contribution < 1.29 is 19.4 Å². The third-order valence-electron chi connectivity index (χ3n) is 3.58. The Morgan fingerprint density at radius 3 is 2.55 bits per heavy atom. The van der Waals surface area contributed by atoms with E-state index in [1.54, 1.807) is 0 Å². The highest BCUT2D eigenvalue weighted by atomic mass is 16.6. The minimum absolute atomic E-state index is 0.0870. The number of hydrogen-bond acceptors (Lipinski definition) is 5. The molecule has 6 heteroatoms. The number of aliphatic hydroxyl groups is 1. The van der Waals surface area contributed by atoms with Gasteiger partial charge >= 0.3 is 6.09 Å². The summed E-state index contributed by atoms with van der Waals surface area (Å²) in [7, 11) is 0. The molecule has 0 radical (unpaired) electrons. The SMILES string of the molecule is CC(C)(C)OC(=O)N1CCC(CNCCCOCCO)CC1. The van der Waals surface area contributed by atoms with E-state index in [4.69, 9.17) is 14.6 Å². The smallest absolute Gasteiger partial charge is 0.410 e. The fourth-order valence-electron chi connectivity index (χ4n) is 2.42. The first-order valence-electron chi connectivity index (χ1n) is 8.29. The number of amides is 1. The third kappa shape index (κ3) is 8.56. The second kappa shape index (κ2) is 10.0. The standard InChI is InChI=1S/C16H32N2O4/c1-16(2,3)22-15(20)18-8-5-14(6-9-18)13-17-7-4-11-21-12-10-19/h14,17,19H,4-13H2,1-3H3. The van der Waals surface area contributed by atoms with Crippen LogP contribution in [-0.2, 0) is 9.47 Å². The summed E-state index contributed by atoms with van der Waals surface area (Å²) in [6.07, 6.45) is 2.80. The van der Waals surface area contributed by atoms with E-state index in [-0.39, 0.29) is 12.7 Å². The Hall–Kier alpha value is -0.850. The molecule has 2 N–H and O–H groups in total. The number of likely N-dealkylation sites (tertiary alicyclic amines) is 1. The molecule has 0 bridgehead atoms. The van der Waals surface area contributed by atoms with Crippen LogP contribution in [0.1, 0.15) is 40.0 Å². The van der Waals surface area contributed by atoms with Crippen LogP contribution in [0.4, 0.5) is 4.79 Å². The van der Waals surface area contributed by atoms with Crippen molar-refractivity contribution in [2.75, 3.05) is 46.0 Å². The Morgan fingerprint density at radius 1 is 1.27 bits per heavy atom.